The van der Waals surface area contributed by atoms with Crippen molar-refractivity contribution in [3.8, 4) is 5.75 Å². The molecule has 0 aromatic heterocycles. The molecule has 0 bridgehead atoms. The van der Waals surface area contributed by atoms with Crippen LogP contribution >= 0.6 is 11.6 Å². The summed E-state index contributed by atoms with van der Waals surface area (Å²) in [5.41, 5.74) is 2.83. The van der Waals surface area contributed by atoms with Crippen molar-refractivity contribution in [2.75, 3.05) is 4.90 Å². The maximum Gasteiger partial charge on any atom is 0.238 e. The zero-order valence-electron chi connectivity index (χ0n) is 26.2. The van der Waals surface area contributed by atoms with Gasteiger partial charge in [-0.3, -0.25) is 19.2 Å². The summed E-state index contributed by atoms with van der Waals surface area (Å²) in [6.07, 6.45) is 3.97. The Morgan fingerprint density at radius 3 is 2.21 bits per heavy atom. The minimum absolute atomic E-state index is 0.00284. The normalized spacial score (nSPS) is 28.0. The highest BCUT2D eigenvalue weighted by atomic mass is 35.5. The number of para-hydroxylation sites is 1. The summed E-state index contributed by atoms with van der Waals surface area (Å²) in [5.74, 6) is -4.57. The number of hydrogen-bond acceptors (Lipinski definition) is 5. The van der Waals surface area contributed by atoms with Crippen molar-refractivity contribution in [2.24, 2.45) is 23.7 Å². The van der Waals surface area contributed by atoms with Crippen LogP contribution in [0, 0.1) is 30.6 Å². The van der Waals surface area contributed by atoms with E-state index < -0.39 is 35.0 Å². The van der Waals surface area contributed by atoms with Crippen LogP contribution in [0.4, 0.5) is 5.69 Å². The van der Waals surface area contributed by atoms with Crippen molar-refractivity contribution in [3.05, 3.63) is 148 Å². The van der Waals surface area contributed by atoms with Crippen molar-refractivity contribution >= 4 is 46.2 Å². The molecule has 4 aromatic carbocycles. The molecule has 3 aliphatic carbocycles. The molecule has 0 unspecified atom stereocenters. The van der Waals surface area contributed by atoms with Crippen LogP contribution in [0.25, 0.3) is 5.57 Å². The van der Waals surface area contributed by atoms with Gasteiger partial charge in [-0.05, 0) is 66.6 Å². The van der Waals surface area contributed by atoms with E-state index in [4.69, 9.17) is 11.6 Å². The highest BCUT2D eigenvalue weighted by Gasteiger charge is 2.66. The molecule has 1 heterocycles. The van der Waals surface area contributed by atoms with Crippen LogP contribution in [0.5, 0.6) is 5.75 Å². The predicted octanol–water partition coefficient (Wildman–Crippen LogP) is 7.38. The molecule has 1 N–H and O–H groups in total. The number of rotatable bonds is 4. The van der Waals surface area contributed by atoms with Crippen LogP contribution in [0.15, 0.2) is 121 Å². The Kier molecular flexibility index (Phi) is 7.11. The van der Waals surface area contributed by atoms with Crippen molar-refractivity contribution in [2.45, 2.75) is 31.1 Å². The van der Waals surface area contributed by atoms with Gasteiger partial charge in [0.2, 0.25) is 11.8 Å². The lowest BCUT2D eigenvalue weighted by atomic mass is 9.44. The third-order valence-corrected chi connectivity index (χ3v) is 11.4. The third kappa shape index (κ3) is 4.25. The quantitative estimate of drug-likeness (QED) is 0.183. The number of anilines is 1. The molecule has 1 aliphatic heterocycles. The lowest BCUT2D eigenvalue weighted by molar-refractivity contribution is -0.135. The van der Waals surface area contributed by atoms with Gasteiger partial charge in [0.1, 0.15) is 5.75 Å². The van der Waals surface area contributed by atoms with Gasteiger partial charge < -0.3 is 5.11 Å². The second kappa shape index (κ2) is 11.3. The summed E-state index contributed by atoms with van der Waals surface area (Å²) in [5, 5.41) is 11.9. The van der Waals surface area contributed by atoms with Gasteiger partial charge in [-0.15, -0.1) is 0 Å². The van der Waals surface area contributed by atoms with Gasteiger partial charge >= 0.3 is 0 Å². The van der Waals surface area contributed by atoms with E-state index in [2.05, 4.69) is 0 Å². The summed E-state index contributed by atoms with van der Waals surface area (Å²) < 4.78 is 0. The van der Waals surface area contributed by atoms with Crippen molar-refractivity contribution in [3.63, 3.8) is 0 Å². The third-order valence-electron chi connectivity index (χ3n) is 11.0. The van der Waals surface area contributed by atoms with Crippen LogP contribution in [0.1, 0.15) is 41.0 Å². The standard InChI is InChI=1S/C41H32ClNO5/c1-23-16-17-26(20-33(23)42)43-39(47)29-19-18-27-31(36(29)40(43)48)21-32-38(46)30(24-10-4-2-5-11-24)22-35(45)41(32,25-12-6-3-7-13-25)37(27)28-14-8-9-15-34(28)44/h2-18,20,22,29,31-32,36-37,44H,19,21H2,1H3/t29-,31+,32-,36-,37+,41-/m0/s1. The number of allylic oxidation sites excluding steroid dienone is 4. The molecule has 7 heteroatoms. The molecule has 238 valence electrons. The molecular weight excluding hydrogens is 622 g/mol. The van der Waals surface area contributed by atoms with E-state index in [0.29, 0.717) is 39.4 Å². The van der Waals surface area contributed by atoms with Crippen LogP contribution in [-0.4, -0.2) is 28.5 Å². The molecule has 0 spiro atoms. The minimum Gasteiger partial charge on any atom is -0.508 e. The summed E-state index contributed by atoms with van der Waals surface area (Å²) >= 11 is 6.44. The number of amides is 2. The molecule has 2 amide bonds. The lowest BCUT2D eigenvalue weighted by Crippen LogP contribution is -2.58. The second-order valence-corrected chi connectivity index (χ2v) is 13.7. The smallest absolute Gasteiger partial charge is 0.238 e. The molecule has 4 aliphatic rings. The van der Waals surface area contributed by atoms with Crippen LogP contribution < -0.4 is 4.90 Å². The van der Waals surface area contributed by atoms with E-state index in [0.717, 1.165) is 11.1 Å². The summed E-state index contributed by atoms with van der Waals surface area (Å²) in [7, 11) is 0. The molecule has 6 nitrogen and oxygen atoms in total. The number of ketones is 2. The molecule has 48 heavy (non-hydrogen) atoms. The largest absolute Gasteiger partial charge is 0.508 e. The first kappa shape index (κ1) is 30.3. The maximum absolute atomic E-state index is 15.0. The summed E-state index contributed by atoms with van der Waals surface area (Å²) in [6, 6.07) is 30.6. The fourth-order valence-corrected chi connectivity index (χ4v) is 9.10. The van der Waals surface area contributed by atoms with Gasteiger partial charge in [-0.25, -0.2) is 4.90 Å². The highest BCUT2D eigenvalue weighted by molar-refractivity contribution is 6.33. The molecule has 1 saturated carbocycles. The van der Waals surface area contributed by atoms with Crippen molar-refractivity contribution < 1.29 is 24.3 Å². The number of imide groups is 1. The Balaban J connectivity index is 1.35. The van der Waals surface area contributed by atoms with Crippen LogP contribution in [0.3, 0.4) is 0 Å². The van der Waals surface area contributed by atoms with Gasteiger partial charge in [0, 0.05) is 28.0 Å². The fourth-order valence-electron chi connectivity index (χ4n) is 8.93. The van der Waals surface area contributed by atoms with E-state index in [1.807, 2.05) is 79.7 Å². The molecule has 6 atom stereocenters. The predicted molar refractivity (Wildman–Crippen MR) is 183 cm³/mol. The van der Waals surface area contributed by atoms with Crippen molar-refractivity contribution in [1.82, 2.24) is 0 Å². The number of fused-ring (bicyclic) bond motifs is 4. The Labute approximate surface area is 283 Å². The molecule has 8 rings (SSSR count). The average Bonchev–Trinajstić information content (AvgIpc) is 3.36. The molecular formula is C41H32ClNO5. The minimum atomic E-state index is -1.39. The monoisotopic (exact) mass is 653 g/mol. The van der Waals surface area contributed by atoms with Gasteiger partial charge in [0.05, 0.1) is 22.9 Å². The number of aromatic hydroxyl groups is 1. The molecule has 2 fully saturated rings. The van der Waals surface area contributed by atoms with E-state index in [1.165, 1.54) is 11.0 Å². The van der Waals surface area contributed by atoms with E-state index in [-0.39, 0.29) is 35.6 Å². The zero-order chi connectivity index (χ0) is 33.3. The molecule has 4 aromatic rings. The topological polar surface area (TPSA) is 91.8 Å². The Hall–Kier alpha value is -5.07. The SMILES string of the molecule is Cc1ccc(N2C(=O)[C@H]3[C@H](CC=C4[C@H]3C[C@H]3C(=O)C(c5ccccc5)=CC(=O)[C@@]3(c3ccccc3)[C@H]4c3ccccc3O)C2=O)cc1Cl. The number of nitrogens with zero attached hydrogens (tertiary/aromatic N) is 1. The second-order valence-electron chi connectivity index (χ2n) is 13.3. The van der Waals surface area contributed by atoms with E-state index in [1.54, 1.807) is 36.4 Å². The number of hydrogen-bond donors (Lipinski definition) is 1. The number of aryl methyl sites for hydroxylation is 1. The van der Waals surface area contributed by atoms with E-state index in [9.17, 15) is 19.5 Å². The molecule has 1 saturated heterocycles. The number of carbonyl (C=O) groups is 4. The number of phenols is 1. The highest BCUT2D eigenvalue weighted by Crippen LogP contribution is 2.64. The number of phenolic OH excluding ortho intramolecular Hbond substituents is 1. The zero-order valence-corrected chi connectivity index (χ0v) is 26.9. The Morgan fingerprint density at radius 1 is 0.812 bits per heavy atom. The fraction of sp³-hybridized carbons (Fsp3) is 0.220. The van der Waals surface area contributed by atoms with Crippen LogP contribution in [-0.2, 0) is 24.6 Å². The number of Topliss-reactive ketones (excluding diaryl/α,β-unsaturated/α-hetero) is 1. The first-order chi connectivity index (χ1) is 23.2. The van der Waals surface area contributed by atoms with Gasteiger partial charge in [-0.1, -0.05) is 108 Å². The van der Waals surface area contributed by atoms with Crippen molar-refractivity contribution in [1.29, 1.82) is 0 Å². The van der Waals surface area contributed by atoms with Gasteiger partial charge in [0.25, 0.3) is 0 Å². The first-order valence-electron chi connectivity index (χ1n) is 16.3. The van der Waals surface area contributed by atoms with Crippen LogP contribution in [0.2, 0.25) is 5.02 Å². The lowest BCUT2D eigenvalue weighted by Gasteiger charge is -2.55. The number of halogens is 1. The Morgan fingerprint density at radius 2 is 1.50 bits per heavy atom. The van der Waals surface area contributed by atoms with Gasteiger partial charge in [0.15, 0.2) is 11.6 Å². The molecule has 0 radical (unpaired) electrons. The summed E-state index contributed by atoms with van der Waals surface area (Å²) in [6.45, 7) is 1.86. The first-order valence-corrected chi connectivity index (χ1v) is 16.6. The Bertz CT molecular complexity index is 2090. The average molecular weight is 654 g/mol. The maximum atomic E-state index is 15.0. The number of carbonyl (C=O) groups excluding carboxylic acids is 4. The van der Waals surface area contributed by atoms with Gasteiger partial charge in [-0.2, -0.15) is 0 Å². The van der Waals surface area contributed by atoms with E-state index >= 15 is 4.79 Å². The summed E-state index contributed by atoms with van der Waals surface area (Å²) in [4.78, 5) is 59.7. The number of benzene rings is 4.